The van der Waals surface area contributed by atoms with Crippen molar-refractivity contribution in [1.82, 2.24) is 18.3 Å². The second-order valence-electron chi connectivity index (χ2n) is 11.0. The van der Waals surface area contributed by atoms with E-state index in [0.29, 0.717) is 29.8 Å². The van der Waals surface area contributed by atoms with E-state index in [0.717, 1.165) is 11.2 Å². The maximum atomic E-state index is 5.50. The Hall–Kier alpha value is -2.59. The molecule has 4 rings (SSSR count). The van der Waals surface area contributed by atoms with Gasteiger partial charge >= 0.3 is 0 Å². The fourth-order valence-electron chi connectivity index (χ4n) is 5.07. The van der Waals surface area contributed by atoms with Gasteiger partial charge in [-0.1, -0.05) is 38.1 Å². The standard InChI is InChI=1S/C29H43N6P/c1-19(2)32-24-15-11-12-16-25(24)33(20(3)4)28(32)30-36(23(9)10)31-29-34(21(5)6)26-17-13-14-18-27(26)35(29)22(7)8/h11-23H,1-10H3. The minimum Gasteiger partial charge on any atom is -0.307 e. The lowest BCUT2D eigenvalue weighted by molar-refractivity contribution is 0.521. The molecule has 2 aromatic carbocycles. The molecule has 0 saturated heterocycles. The fourth-order valence-corrected chi connectivity index (χ4v) is 6.33. The maximum Gasteiger partial charge on any atom is 0.211 e. The highest BCUT2D eigenvalue weighted by Gasteiger charge is 2.21. The summed E-state index contributed by atoms with van der Waals surface area (Å²) in [7, 11) is -1.04. The van der Waals surface area contributed by atoms with E-state index in [-0.39, 0.29) is 0 Å². The second-order valence-corrected chi connectivity index (χ2v) is 13.1. The molecule has 0 aliphatic carbocycles. The van der Waals surface area contributed by atoms with Gasteiger partial charge in [0.25, 0.3) is 0 Å². The lowest BCUT2D eigenvalue weighted by Gasteiger charge is -2.17. The molecule has 0 radical (unpaired) electrons. The molecule has 2 aromatic heterocycles. The highest BCUT2D eigenvalue weighted by Crippen LogP contribution is 2.43. The third kappa shape index (κ3) is 4.61. The van der Waals surface area contributed by atoms with Crippen LogP contribution < -0.4 is 11.2 Å². The van der Waals surface area contributed by atoms with Crippen LogP contribution >= 0.6 is 8.22 Å². The van der Waals surface area contributed by atoms with Crippen LogP contribution in [0.15, 0.2) is 58.1 Å². The van der Waals surface area contributed by atoms with Crippen molar-refractivity contribution in [1.29, 1.82) is 0 Å². The van der Waals surface area contributed by atoms with Gasteiger partial charge in [-0.25, -0.2) is 9.53 Å². The number of nitrogens with zero attached hydrogens (tertiary/aromatic N) is 6. The van der Waals surface area contributed by atoms with E-state index in [1.165, 1.54) is 22.1 Å². The molecule has 0 N–H and O–H groups in total. The van der Waals surface area contributed by atoms with Gasteiger partial charge in [0, 0.05) is 29.8 Å². The Bertz CT molecular complexity index is 1280. The van der Waals surface area contributed by atoms with Crippen LogP contribution in [0.2, 0.25) is 0 Å². The number of hydrogen-bond donors (Lipinski definition) is 0. The highest BCUT2D eigenvalue weighted by atomic mass is 31.1. The Morgan fingerprint density at radius 2 is 0.722 bits per heavy atom. The van der Waals surface area contributed by atoms with Gasteiger partial charge in [0.15, 0.2) is 0 Å². The summed E-state index contributed by atoms with van der Waals surface area (Å²) in [6.45, 7) is 22.5. The van der Waals surface area contributed by atoms with Gasteiger partial charge in [-0.2, -0.15) is 0 Å². The lowest BCUT2D eigenvalue weighted by Crippen LogP contribution is -2.30. The van der Waals surface area contributed by atoms with E-state index in [1.807, 2.05) is 0 Å². The molecule has 4 aromatic rings. The van der Waals surface area contributed by atoms with Crippen LogP contribution in [0.3, 0.4) is 0 Å². The molecule has 194 valence electrons. The summed E-state index contributed by atoms with van der Waals surface area (Å²) >= 11 is 0. The number of aromatic nitrogens is 4. The van der Waals surface area contributed by atoms with Crippen LogP contribution in [0, 0.1) is 0 Å². The van der Waals surface area contributed by atoms with Crippen molar-refractivity contribution in [2.24, 2.45) is 9.53 Å². The summed E-state index contributed by atoms with van der Waals surface area (Å²) in [5.41, 5.74) is 7.26. The number of imidazole rings is 2. The van der Waals surface area contributed by atoms with Gasteiger partial charge in [-0.05, 0) is 79.7 Å². The molecule has 6 nitrogen and oxygen atoms in total. The van der Waals surface area contributed by atoms with Gasteiger partial charge in [-0.3, -0.25) is 0 Å². The van der Waals surface area contributed by atoms with Crippen LogP contribution in [0.5, 0.6) is 0 Å². The van der Waals surface area contributed by atoms with Gasteiger partial charge in [0.1, 0.15) is 8.22 Å². The number of para-hydroxylation sites is 4. The molecule has 36 heavy (non-hydrogen) atoms. The van der Waals surface area contributed by atoms with Gasteiger partial charge in [0.2, 0.25) is 11.2 Å². The molecule has 0 atom stereocenters. The Kier molecular flexibility index (Phi) is 7.66. The second kappa shape index (κ2) is 10.4. The van der Waals surface area contributed by atoms with E-state index in [1.54, 1.807) is 0 Å². The Morgan fingerprint density at radius 1 is 0.472 bits per heavy atom. The van der Waals surface area contributed by atoms with Crippen molar-refractivity contribution in [3.05, 3.63) is 59.8 Å². The predicted octanol–water partition coefficient (Wildman–Crippen LogP) is 7.74. The largest absolute Gasteiger partial charge is 0.307 e. The molecule has 2 heterocycles. The van der Waals surface area contributed by atoms with Crippen LogP contribution in [-0.4, -0.2) is 23.9 Å². The first-order valence-electron chi connectivity index (χ1n) is 13.4. The van der Waals surface area contributed by atoms with Crippen molar-refractivity contribution < 1.29 is 0 Å². The molecular formula is C29H43N6P. The topological polar surface area (TPSA) is 44.4 Å². The molecule has 0 unspecified atom stereocenters. The summed E-state index contributed by atoms with van der Waals surface area (Å²) < 4.78 is 20.5. The molecule has 0 aliphatic rings. The van der Waals surface area contributed by atoms with Crippen molar-refractivity contribution in [2.45, 2.75) is 99.1 Å². The van der Waals surface area contributed by atoms with Crippen molar-refractivity contribution in [3.8, 4) is 0 Å². The summed E-state index contributed by atoms with van der Waals surface area (Å²) in [4.78, 5) is 0. The van der Waals surface area contributed by atoms with E-state index in [9.17, 15) is 0 Å². The molecule has 0 spiro atoms. The van der Waals surface area contributed by atoms with Gasteiger partial charge < -0.3 is 18.3 Å². The maximum absolute atomic E-state index is 5.50. The summed E-state index contributed by atoms with van der Waals surface area (Å²) in [5, 5.41) is 0. The molecular weight excluding hydrogens is 463 g/mol. The number of benzene rings is 2. The van der Waals surface area contributed by atoms with Crippen LogP contribution in [-0.2, 0) is 0 Å². The lowest BCUT2D eigenvalue weighted by atomic mass is 10.3. The zero-order chi connectivity index (χ0) is 26.3. The molecule has 0 fully saturated rings. The molecule has 0 aliphatic heterocycles. The van der Waals surface area contributed by atoms with E-state index < -0.39 is 8.22 Å². The fraction of sp³-hybridized carbons (Fsp3) is 0.517. The molecule has 0 amide bonds. The zero-order valence-electron chi connectivity index (χ0n) is 23.6. The van der Waals surface area contributed by atoms with Crippen LogP contribution in [0.25, 0.3) is 22.1 Å². The first kappa shape index (κ1) is 26.5. The average Bonchev–Trinajstić information content (AvgIpc) is 3.30. The van der Waals surface area contributed by atoms with E-state index >= 15 is 0 Å². The van der Waals surface area contributed by atoms with E-state index in [4.69, 9.17) is 9.53 Å². The van der Waals surface area contributed by atoms with Crippen molar-refractivity contribution in [2.75, 3.05) is 0 Å². The van der Waals surface area contributed by atoms with Gasteiger partial charge in [-0.15, -0.1) is 0 Å². The molecule has 0 saturated carbocycles. The Balaban J connectivity index is 2.12. The van der Waals surface area contributed by atoms with E-state index in [2.05, 4.69) is 136 Å². The first-order valence-corrected chi connectivity index (χ1v) is 14.7. The van der Waals surface area contributed by atoms with Gasteiger partial charge in [0.05, 0.1) is 22.1 Å². The normalized spacial score (nSPS) is 12.6. The number of rotatable bonds is 7. The van der Waals surface area contributed by atoms with Crippen molar-refractivity contribution >= 4 is 30.3 Å². The predicted molar refractivity (Wildman–Crippen MR) is 155 cm³/mol. The molecule has 0 bridgehead atoms. The minimum atomic E-state index is -1.04. The Labute approximate surface area is 216 Å². The van der Waals surface area contributed by atoms with Crippen LogP contribution in [0.4, 0.5) is 0 Å². The monoisotopic (exact) mass is 506 g/mol. The smallest absolute Gasteiger partial charge is 0.211 e. The minimum absolute atomic E-state index is 0.292. The summed E-state index contributed by atoms with van der Waals surface area (Å²) in [6.07, 6.45) is 0. The SMILES string of the molecule is CC(C)n1c(=NP(N=c2n(C(C)C)c3ccccc3n2C(C)C)C(C)C)n(C(C)C)c2ccccc21. The quantitative estimate of drug-likeness (QED) is 0.230. The summed E-state index contributed by atoms with van der Waals surface area (Å²) in [5.74, 6) is 0. The summed E-state index contributed by atoms with van der Waals surface area (Å²) in [6, 6.07) is 18.5. The molecule has 7 heteroatoms. The number of fused-ring (bicyclic) bond motifs is 2. The average molecular weight is 507 g/mol. The zero-order valence-corrected chi connectivity index (χ0v) is 24.5. The Morgan fingerprint density at radius 3 is 0.917 bits per heavy atom. The van der Waals surface area contributed by atoms with Crippen molar-refractivity contribution in [3.63, 3.8) is 0 Å². The third-order valence-electron chi connectivity index (χ3n) is 6.57. The first-order chi connectivity index (χ1) is 17.0. The third-order valence-corrected chi connectivity index (χ3v) is 8.27. The highest BCUT2D eigenvalue weighted by molar-refractivity contribution is 7.55. The van der Waals surface area contributed by atoms with Crippen LogP contribution in [0.1, 0.15) is 93.4 Å². The number of hydrogen-bond acceptors (Lipinski definition) is 2.